The van der Waals surface area contributed by atoms with Crippen molar-refractivity contribution in [1.29, 1.82) is 0 Å². The molecule has 0 aliphatic carbocycles. The third-order valence-corrected chi connectivity index (χ3v) is 3.36. The van der Waals surface area contributed by atoms with Gasteiger partial charge in [-0.2, -0.15) is 0 Å². The number of benzene rings is 1. The fraction of sp³-hybridized carbons (Fsp3) is 0.357. The van der Waals surface area contributed by atoms with E-state index in [1.807, 2.05) is 31.3 Å². The van der Waals surface area contributed by atoms with Crippen LogP contribution in [0.4, 0.5) is 5.69 Å². The topological polar surface area (TPSA) is 25.4 Å². The van der Waals surface area contributed by atoms with E-state index >= 15 is 0 Å². The van der Waals surface area contributed by atoms with E-state index in [4.69, 9.17) is 4.74 Å². The number of likely N-dealkylation sites (N-methyl/N-ethyl adjacent to an activating group) is 1. The summed E-state index contributed by atoms with van der Waals surface area (Å²) in [4.78, 5) is 6.60. The van der Waals surface area contributed by atoms with Crippen LogP contribution in [0, 0.1) is 0 Å². The molecule has 0 aliphatic heterocycles. The van der Waals surface area contributed by atoms with Crippen LogP contribution < -0.4 is 4.90 Å². The predicted molar refractivity (Wildman–Crippen MR) is 79.2 cm³/mol. The van der Waals surface area contributed by atoms with E-state index in [-0.39, 0.29) is 0 Å². The molecule has 0 saturated carbocycles. The maximum absolute atomic E-state index is 5.39. The van der Waals surface area contributed by atoms with Crippen molar-refractivity contribution in [2.24, 2.45) is 0 Å². The third-order valence-electron chi connectivity index (χ3n) is 2.87. The lowest BCUT2D eigenvalue weighted by molar-refractivity contribution is 0.154. The van der Waals surface area contributed by atoms with E-state index in [1.165, 1.54) is 11.1 Å². The highest BCUT2D eigenvalue weighted by Gasteiger charge is 2.06. The van der Waals surface area contributed by atoms with Crippen molar-refractivity contribution in [2.45, 2.75) is 6.92 Å². The number of hydrogen-bond acceptors (Lipinski definition) is 3. The molecule has 2 rings (SSSR count). The lowest BCUT2D eigenvalue weighted by Crippen LogP contribution is -2.22. The van der Waals surface area contributed by atoms with Gasteiger partial charge < -0.3 is 9.64 Å². The molecule has 0 atom stereocenters. The number of hydrogen-bond donors (Lipinski definition) is 0. The Kier molecular flexibility index (Phi) is 4.55. The van der Waals surface area contributed by atoms with Gasteiger partial charge in [0.25, 0.3) is 0 Å². The molecule has 3 nitrogen and oxygen atoms in total. The van der Waals surface area contributed by atoms with Gasteiger partial charge in [0.2, 0.25) is 0 Å². The van der Waals surface area contributed by atoms with Crippen LogP contribution in [0.2, 0.25) is 0 Å². The normalized spacial score (nSPS) is 10.8. The van der Waals surface area contributed by atoms with Crippen molar-refractivity contribution in [2.75, 3.05) is 31.7 Å². The largest absolute Gasteiger partial charge is 0.380 e. The lowest BCUT2D eigenvalue weighted by atomic mass is 10.2. The molecule has 0 fully saturated rings. The predicted octanol–water partition coefficient (Wildman–Crippen LogP) is 3.47. The van der Waals surface area contributed by atoms with Gasteiger partial charge in [0.1, 0.15) is 0 Å². The minimum atomic E-state index is 0.743. The average molecular weight is 309 g/mol. The van der Waals surface area contributed by atoms with E-state index in [0.29, 0.717) is 0 Å². The van der Waals surface area contributed by atoms with Crippen LogP contribution in [-0.2, 0) is 4.74 Å². The standard InChI is InChI=1S/C14H17BrN2O/c1-3-18-9-8-17(2)14-6-7-16-13-10-11(15)4-5-12(13)14/h4-7,10H,3,8-9H2,1-2H3. The van der Waals surface area contributed by atoms with Gasteiger partial charge in [0.15, 0.2) is 0 Å². The van der Waals surface area contributed by atoms with Gasteiger partial charge in [-0.05, 0) is 31.2 Å². The molecule has 0 saturated heterocycles. The van der Waals surface area contributed by atoms with Gasteiger partial charge in [-0.25, -0.2) is 0 Å². The fourth-order valence-electron chi connectivity index (χ4n) is 1.91. The Hall–Kier alpha value is -1.13. The summed E-state index contributed by atoms with van der Waals surface area (Å²) in [5.41, 5.74) is 2.19. The van der Waals surface area contributed by atoms with Gasteiger partial charge in [-0.15, -0.1) is 0 Å². The van der Waals surface area contributed by atoms with Crippen LogP contribution in [0.3, 0.4) is 0 Å². The first-order chi connectivity index (χ1) is 8.72. The Morgan fingerprint density at radius 2 is 2.17 bits per heavy atom. The first-order valence-corrected chi connectivity index (χ1v) is 6.85. The number of anilines is 1. The van der Waals surface area contributed by atoms with Crippen molar-refractivity contribution >= 4 is 32.5 Å². The van der Waals surface area contributed by atoms with Gasteiger partial charge in [0.05, 0.1) is 12.1 Å². The minimum absolute atomic E-state index is 0.743. The number of pyridine rings is 1. The Labute approximate surface area is 116 Å². The molecule has 0 bridgehead atoms. The van der Waals surface area contributed by atoms with Crippen LogP contribution in [0.25, 0.3) is 10.9 Å². The smallest absolute Gasteiger partial charge is 0.0734 e. The number of ether oxygens (including phenoxy) is 1. The number of nitrogens with zero attached hydrogens (tertiary/aromatic N) is 2. The molecule has 1 heterocycles. The van der Waals surface area contributed by atoms with E-state index < -0.39 is 0 Å². The summed E-state index contributed by atoms with van der Waals surface area (Å²) < 4.78 is 6.44. The summed E-state index contributed by atoms with van der Waals surface area (Å²) in [6.45, 7) is 4.40. The van der Waals surface area contributed by atoms with E-state index in [2.05, 4.69) is 38.9 Å². The van der Waals surface area contributed by atoms with E-state index in [0.717, 1.165) is 29.7 Å². The first kappa shape index (κ1) is 13.3. The number of fused-ring (bicyclic) bond motifs is 1. The second-order valence-corrected chi connectivity index (χ2v) is 5.03. The van der Waals surface area contributed by atoms with Gasteiger partial charge in [-0.3, -0.25) is 4.98 Å². The highest BCUT2D eigenvalue weighted by molar-refractivity contribution is 9.10. The second-order valence-electron chi connectivity index (χ2n) is 4.11. The van der Waals surface area contributed by atoms with E-state index in [9.17, 15) is 0 Å². The third kappa shape index (κ3) is 3.00. The van der Waals surface area contributed by atoms with Crippen molar-refractivity contribution in [3.05, 3.63) is 34.9 Å². The lowest BCUT2D eigenvalue weighted by Gasteiger charge is -2.20. The molecule has 18 heavy (non-hydrogen) atoms. The Bertz CT molecular complexity index is 530. The molecule has 2 aromatic rings. The molecular weight excluding hydrogens is 292 g/mol. The molecule has 0 unspecified atom stereocenters. The molecule has 1 aromatic carbocycles. The van der Waals surface area contributed by atoms with Crippen LogP contribution in [0.5, 0.6) is 0 Å². The zero-order valence-corrected chi connectivity index (χ0v) is 12.3. The van der Waals surface area contributed by atoms with Gasteiger partial charge in [-0.1, -0.05) is 15.9 Å². The monoisotopic (exact) mass is 308 g/mol. The first-order valence-electron chi connectivity index (χ1n) is 6.05. The van der Waals surface area contributed by atoms with Crippen molar-refractivity contribution in [1.82, 2.24) is 4.98 Å². The molecule has 0 spiro atoms. The second kappa shape index (κ2) is 6.16. The zero-order valence-electron chi connectivity index (χ0n) is 10.7. The molecule has 0 N–H and O–H groups in total. The quantitative estimate of drug-likeness (QED) is 0.791. The summed E-state index contributed by atoms with van der Waals surface area (Å²) in [6, 6.07) is 8.22. The van der Waals surface area contributed by atoms with Crippen LogP contribution in [0.1, 0.15) is 6.92 Å². The maximum atomic E-state index is 5.39. The molecule has 0 radical (unpaired) electrons. The summed E-state index contributed by atoms with van der Waals surface area (Å²) in [5, 5.41) is 1.17. The summed E-state index contributed by atoms with van der Waals surface area (Å²) in [7, 11) is 2.08. The van der Waals surface area contributed by atoms with Gasteiger partial charge >= 0.3 is 0 Å². The minimum Gasteiger partial charge on any atom is -0.380 e. The molecular formula is C14H17BrN2O. The highest BCUT2D eigenvalue weighted by atomic mass is 79.9. The summed E-state index contributed by atoms with van der Waals surface area (Å²) in [6.07, 6.45) is 1.85. The molecule has 96 valence electrons. The number of halogens is 1. The van der Waals surface area contributed by atoms with Gasteiger partial charge in [0, 0.05) is 41.9 Å². The van der Waals surface area contributed by atoms with Crippen LogP contribution in [0.15, 0.2) is 34.9 Å². The SMILES string of the molecule is CCOCCN(C)c1ccnc2cc(Br)ccc12. The van der Waals surface area contributed by atoms with E-state index in [1.54, 1.807) is 0 Å². The molecule has 0 amide bonds. The van der Waals surface area contributed by atoms with Crippen molar-refractivity contribution < 1.29 is 4.74 Å². The Balaban J connectivity index is 2.27. The fourth-order valence-corrected chi connectivity index (χ4v) is 2.25. The Morgan fingerprint density at radius 1 is 1.33 bits per heavy atom. The van der Waals surface area contributed by atoms with Crippen molar-refractivity contribution in [3.63, 3.8) is 0 Å². The summed E-state index contributed by atoms with van der Waals surface area (Å²) in [5.74, 6) is 0. The highest BCUT2D eigenvalue weighted by Crippen LogP contribution is 2.26. The number of rotatable bonds is 5. The zero-order chi connectivity index (χ0) is 13.0. The van der Waals surface area contributed by atoms with Crippen LogP contribution >= 0.6 is 15.9 Å². The summed E-state index contributed by atoms with van der Waals surface area (Å²) >= 11 is 3.47. The van der Waals surface area contributed by atoms with Crippen molar-refractivity contribution in [3.8, 4) is 0 Å². The average Bonchev–Trinajstić information content (AvgIpc) is 2.37. The Morgan fingerprint density at radius 3 is 2.94 bits per heavy atom. The number of aromatic nitrogens is 1. The maximum Gasteiger partial charge on any atom is 0.0734 e. The van der Waals surface area contributed by atoms with Crippen LogP contribution in [-0.4, -0.2) is 31.8 Å². The molecule has 4 heteroatoms. The molecule has 0 aliphatic rings. The molecule has 1 aromatic heterocycles.